The summed E-state index contributed by atoms with van der Waals surface area (Å²) >= 11 is 0. The number of aryl methyl sites for hydroxylation is 4. The molecule has 3 heterocycles. The zero-order chi connectivity index (χ0) is 28.1. The summed E-state index contributed by atoms with van der Waals surface area (Å²) in [6.45, 7) is 13.1. The average molecular weight is 546 g/mol. The lowest BCUT2D eigenvalue weighted by atomic mass is 10.0. The second-order valence-corrected chi connectivity index (χ2v) is 10.7. The number of aromatic nitrogens is 3. The lowest BCUT2D eigenvalue weighted by molar-refractivity contribution is -0.123. The van der Waals surface area contributed by atoms with E-state index in [4.69, 9.17) is 19.0 Å². The maximum atomic E-state index is 11.9. The lowest BCUT2D eigenvalue weighted by Crippen LogP contribution is -2.38. The first-order valence-corrected chi connectivity index (χ1v) is 14.1. The van der Waals surface area contributed by atoms with E-state index in [9.17, 15) is 4.79 Å². The fourth-order valence-corrected chi connectivity index (χ4v) is 5.26. The minimum Gasteiger partial charge on any atom is -0.484 e. The minimum atomic E-state index is -0.118. The zero-order valence-corrected chi connectivity index (χ0v) is 23.9. The number of rotatable bonds is 11. The van der Waals surface area contributed by atoms with Gasteiger partial charge in [0.2, 0.25) is 0 Å². The first kappa shape index (κ1) is 27.9. The third-order valence-electron chi connectivity index (χ3n) is 7.27. The minimum absolute atomic E-state index is 0.0145. The molecule has 1 saturated heterocycles. The quantitative estimate of drug-likeness (QED) is 0.300. The molecule has 212 valence electrons. The molecule has 0 saturated carbocycles. The summed E-state index contributed by atoms with van der Waals surface area (Å²) in [5, 5.41) is 6.97. The topological polar surface area (TPSA) is 94.7 Å². The van der Waals surface area contributed by atoms with E-state index < -0.39 is 0 Å². The Kier molecular flexibility index (Phi) is 8.81. The molecule has 0 unspecified atom stereocenters. The van der Waals surface area contributed by atoms with Gasteiger partial charge in [-0.2, -0.15) is 0 Å². The molecule has 2 aromatic carbocycles. The number of carbonyl (C=O) groups excluding carboxylic acids is 1. The SMILES string of the molecule is Cc1noc(C)c1-c1ccc2c(c1)nc(CCc1ccc(OCC(=O)NC(C)C)cc1)n2CCN1CCOCC1. The lowest BCUT2D eigenvalue weighted by Gasteiger charge is -2.27. The third kappa shape index (κ3) is 6.71. The van der Waals surface area contributed by atoms with Crippen molar-refractivity contribution in [1.29, 1.82) is 0 Å². The van der Waals surface area contributed by atoms with Crippen molar-refractivity contribution in [1.82, 2.24) is 24.9 Å². The van der Waals surface area contributed by atoms with Gasteiger partial charge in [-0.1, -0.05) is 23.4 Å². The van der Waals surface area contributed by atoms with Crippen LogP contribution in [0.2, 0.25) is 0 Å². The normalized spacial score (nSPS) is 14.2. The number of amides is 1. The number of morpholine rings is 1. The Balaban J connectivity index is 1.32. The molecule has 0 radical (unpaired) electrons. The van der Waals surface area contributed by atoms with Crippen molar-refractivity contribution in [2.75, 3.05) is 39.5 Å². The summed E-state index contributed by atoms with van der Waals surface area (Å²) < 4.78 is 19.0. The van der Waals surface area contributed by atoms with Crippen LogP contribution in [-0.2, 0) is 28.9 Å². The Hall–Kier alpha value is -3.69. The molecule has 1 amide bonds. The van der Waals surface area contributed by atoms with Gasteiger partial charge in [0.25, 0.3) is 5.91 Å². The Labute approximate surface area is 235 Å². The third-order valence-corrected chi connectivity index (χ3v) is 7.27. The van der Waals surface area contributed by atoms with Crippen molar-refractivity contribution >= 4 is 16.9 Å². The molecule has 5 rings (SSSR count). The highest BCUT2D eigenvalue weighted by Gasteiger charge is 2.17. The van der Waals surface area contributed by atoms with Gasteiger partial charge in [-0.05, 0) is 69.5 Å². The van der Waals surface area contributed by atoms with Crippen molar-refractivity contribution < 1.29 is 18.8 Å². The molecule has 9 heteroatoms. The summed E-state index contributed by atoms with van der Waals surface area (Å²) in [5.74, 6) is 2.46. The van der Waals surface area contributed by atoms with Gasteiger partial charge < -0.3 is 23.9 Å². The summed E-state index contributed by atoms with van der Waals surface area (Å²) in [6.07, 6.45) is 1.67. The van der Waals surface area contributed by atoms with Crippen LogP contribution >= 0.6 is 0 Å². The van der Waals surface area contributed by atoms with E-state index in [1.807, 2.05) is 39.8 Å². The number of imidazole rings is 1. The maximum absolute atomic E-state index is 11.9. The molecule has 1 aliphatic rings. The molecule has 0 bridgehead atoms. The average Bonchev–Trinajstić information content (AvgIpc) is 3.47. The van der Waals surface area contributed by atoms with Crippen LogP contribution in [0.25, 0.3) is 22.2 Å². The zero-order valence-electron chi connectivity index (χ0n) is 23.9. The largest absolute Gasteiger partial charge is 0.484 e. The Morgan fingerprint density at radius 2 is 1.82 bits per heavy atom. The van der Waals surface area contributed by atoms with Crippen LogP contribution in [0.3, 0.4) is 0 Å². The summed E-state index contributed by atoms with van der Waals surface area (Å²) in [6, 6.07) is 14.5. The summed E-state index contributed by atoms with van der Waals surface area (Å²) in [5.41, 5.74) is 6.32. The first-order valence-electron chi connectivity index (χ1n) is 14.1. The second kappa shape index (κ2) is 12.7. The van der Waals surface area contributed by atoms with Crippen LogP contribution in [0.5, 0.6) is 5.75 Å². The maximum Gasteiger partial charge on any atom is 0.258 e. The van der Waals surface area contributed by atoms with Crippen molar-refractivity contribution in [3.05, 3.63) is 65.3 Å². The number of fused-ring (bicyclic) bond motifs is 1. The van der Waals surface area contributed by atoms with Crippen molar-refractivity contribution in [2.24, 2.45) is 0 Å². The number of ether oxygens (including phenoxy) is 2. The van der Waals surface area contributed by atoms with Gasteiger partial charge >= 0.3 is 0 Å². The fourth-order valence-electron chi connectivity index (χ4n) is 5.26. The molecule has 4 aromatic rings. The molecule has 2 aromatic heterocycles. The molecule has 1 aliphatic heterocycles. The van der Waals surface area contributed by atoms with Gasteiger partial charge in [-0.15, -0.1) is 0 Å². The molecule has 1 N–H and O–H groups in total. The van der Waals surface area contributed by atoms with E-state index in [1.165, 1.54) is 5.56 Å². The molecule has 0 atom stereocenters. The van der Waals surface area contributed by atoms with Crippen LogP contribution in [0.15, 0.2) is 47.0 Å². The van der Waals surface area contributed by atoms with E-state index in [0.717, 1.165) is 91.7 Å². The van der Waals surface area contributed by atoms with E-state index in [-0.39, 0.29) is 18.6 Å². The van der Waals surface area contributed by atoms with E-state index >= 15 is 0 Å². The van der Waals surface area contributed by atoms with Crippen LogP contribution < -0.4 is 10.1 Å². The van der Waals surface area contributed by atoms with Gasteiger partial charge in [-0.25, -0.2) is 4.98 Å². The molecule has 40 heavy (non-hydrogen) atoms. The molecular weight excluding hydrogens is 506 g/mol. The van der Waals surface area contributed by atoms with Crippen LogP contribution in [-0.4, -0.2) is 71.0 Å². The molecule has 9 nitrogen and oxygen atoms in total. The number of nitrogens with one attached hydrogen (secondary N) is 1. The smallest absolute Gasteiger partial charge is 0.258 e. The highest BCUT2D eigenvalue weighted by atomic mass is 16.5. The predicted octanol–water partition coefficient (Wildman–Crippen LogP) is 4.33. The van der Waals surface area contributed by atoms with Gasteiger partial charge in [0.15, 0.2) is 6.61 Å². The van der Waals surface area contributed by atoms with E-state index in [1.54, 1.807) is 0 Å². The molecule has 0 spiro atoms. The van der Waals surface area contributed by atoms with E-state index in [2.05, 4.69) is 50.3 Å². The summed E-state index contributed by atoms with van der Waals surface area (Å²) in [7, 11) is 0. The highest BCUT2D eigenvalue weighted by molar-refractivity contribution is 5.83. The number of benzene rings is 2. The Morgan fingerprint density at radius 3 is 2.52 bits per heavy atom. The van der Waals surface area contributed by atoms with Crippen molar-refractivity contribution in [3.8, 4) is 16.9 Å². The number of hydrogen-bond donors (Lipinski definition) is 1. The molecule has 1 fully saturated rings. The van der Waals surface area contributed by atoms with Gasteiger partial charge in [0.05, 0.1) is 29.9 Å². The highest BCUT2D eigenvalue weighted by Crippen LogP contribution is 2.30. The van der Waals surface area contributed by atoms with Gasteiger partial charge in [0, 0.05) is 44.2 Å². The van der Waals surface area contributed by atoms with Gasteiger partial charge in [0.1, 0.15) is 17.3 Å². The Morgan fingerprint density at radius 1 is 1.05 bits per heavy atom. The van der Waals surface area contributed by atoms with E-state index in [0.29, 0.717) is 5.75 Å². The molecular formula is C31H39N5O4. The second-order valence-electron chi connectivity index (χ2n) is 10.7. The molecule has 0 aliphatic carbocycles. The first-order chi connectivity index (χ1) is 19.4. The van der Waals surface area contributed by atoms with Gasteiger partial charge in [-0.3, -0.25) is 9.69 Å². The monoisotopic (exact) mass is 545 g/mol. The standard InChI is InChI=1S/C31H39N5O4/c1-21(2)32-30(37)20-39-26-9-5-24(6-10-26)7-12-29-33-27-19-25(31-22(3)34-40-23(31)4)8-11-28(27)36(29)14-13-35-15-17-38-18-16-35/h5-6,8-11,19,21H,7,12-18,20H2,1-4H3,(H,32,37). The van der Waals surface area contributed by atoms with Crippen molar-refractivity contribution in [3.63, 3.8) is 0 Å². The number of nitrogens with zero attached hydrogens (tertiary/aromatic N) is 4. The fraction of sp³-hybridized carbons (Fsp3) is 0.452. The number of hydrogen-bond acceptors (Lipinski definition) is 7. The van der Waals surface area contributed by atoms with Crippen LogP contribution in [0.1, 0.15) is 36.7 Å². The van der Waals surface area contributed by atoms with Crippen LogP contribution in [0, 0.1) is 13.8 Å². The van der Waals surface area contributed by atoms with Crippen LogP contribution in [0.4, 0.5) is 0 Å². The van der Waals surface area contributed by atoms with Crippen molar-refractivity contribution in [2.45, 2.75) is 53.1 Å². The Bertz CT molecular complexity index is 1410. The predicted molar refractivity (Wildman–Crippen MR) is 155 cm³/mol. The number of carbonyl (C=O) groups is 1. The summed E-state index contributed by atoms with van der Waals surface area (Å²) in [4.78, 5) is 19.4.